The minimum absolute atomic E-state index is 0.246. The van der Waals surface area contributed by atoms with E-state index in [1.165, 1.54) is 12.1 Å². The van der Waals surface area contributed by atoms with Crippen LogP contribution < -0.4 is 5.32 Å². The molecule has 2 aromatic rings. The van der Waals surface area contributed by atoms with Gasteiger partial charge in [0.05, 0.1) is 18.9 Å². The van der Waals surface area contributed by atoms with Crippen molar-refractivity contribution in [1.29, 1.82) is 0 Å². The van der Waals surface area contributed by atoms with E-state index in [4.69, 9.17) is 4.74 Å². The first-order valence-corrected chi connectivity index (χ1v) is 8.73. The van der Waals surface area contributed by atoms with Gasteiger partial charge < -0.3 is 10.1 Å². The SMILES string of the molecule is C/C=C1/C=C(C#Cc2ccc(COCc3cccc(F)c3)cc2)NC1=NC. The zero-order valence-corrected chi connectivity index (χ0v) is 15.4. The van der Waals surface area contributed by atoms with Crippen LogP contribution in [0, 0.1) is 17.7 Å². The summed E-state index contributed by atoms with van der Waals surface area (Å²) < 4.78 is 18.8. The fourth-order valence-corrected chi connectivity index (χ4v) is 2.67. The molecule has 136 valence electrons. The lowest BCUT2D eigenvalue weighted by atomic mass is 10.1. The summed E-state index contributed by atoms with van der Waals surface area (Å²) in [4.78, 5) is 4.19. The highest BCUT2D eigenvalue weighted by atomic mass is 19.1. The van der Waals surface area contributed by atoms with Gasteiger partial charge in [0.1, 0.15) is 11.7 Å². The lowest BCUT2D eigenvalue weighted by Gasteiger charge is -2.05. The molecule has 0 saturated carbocycles. The van der Waals surface area contributed by atoms with Gasteiger partial charge in [-0.05, 0) is 54.3 Å². The van der Waals surface area contributed by atoms with Gasteiger partial charge in [0.2, 0.25) is 0 Å². The third kappa shape index (κ3) is 5.16. The summed E-state index contributed by atoms with van der Waals surface area (Å²) in [6.07, 6.45) is 3.99. The summed E-state index contributed by atoms with van der Waals surface area (Å²) in [6.45, 7) is 2.83. The van der Waals surface area contributed by atoms with Gasteiger partial charge in [-0.15, -0.1) is 0 Å². The molecule has 3 nitrogen and oxygen atoms in total. The van der Waals surface area contributed by atoms with Gasteiger partial charge in [0, 0.05) is 18.2 Å². The predicted molar refractivity (Wildman–Crippen MR) is 107 cm³/mol. The van der Waals surface area contributed by atoms with Gasteiger partial charge in [0.15, 0.2) is 0 Å². The standard InChI is InChI=1S/C23H21FN2O/c1-3-20-14-22(26-23(20)25-2)12-11-17-7-9-18(10-8-17)15-27-16-19-5-4-6-21(24)13-19/h3-10,13-14H,15-16H2,1-2H3,(H,25,26)/b20-3-. The molecule has 2 aromatic carbocycles. The third-order valence-corrected chi connectivity index (χ3v) is 4.08. The van der Waals surface area contributed by atoms with Gasteiger partial charge in [-0.1, -0.05) is 36.3 Å². The molecule has 0 aliphatic carbocycles. The first-order chi connectivity index (χ1) is 13.2. The van der Waals surface area contributed by atoms with Crippen LogP contribution in [0.25, 0.3) is 0 Å². The molecular weight excluding hydrogens is 339 g/mol. The van der Waals surface area contributed by atoms with Crippen molar-refractivity contribution in [3.8, 4) is 11.8 Å². The Labute approximate surface area is 159 Å². The van der Waals surface area contributed by atoms with Crippen molar-refractivity contribution in [2.75, 3.05) is 7.05 Å². The van der Waals surface area contributed by atoms with Crippen LogP contribution in [-0.2, 0) is 18.0 Å². The average Bonchev–Trinajstić information content (AvgIpc) is 3.10. The molecule has 0 radical (unpaired) electrons. The van der Waals surface area contributed by atoms with E-state index in [0.717, 1.165) is 33.8 Å². The van der Waals surface area contributed by atoms with Crippen LogP contribution in [0.2, 0.25) is 0 Å². The van der Waals surface area contributed by atoms with E-state index in [-0.39, 0.29) is 5.82 Å². The van der Waals surface area contributed by atoms with Crippen molar-refractivity contribution in [3.05, 3.63) is 94.5 Å². The summed E-state index contributed by atoms with van der Waals surface area (Å²) in [6, 6.07) is 14.4. The van der Waals surface area contributed by atoms with Crippen molar-refractivity contribution >= 4 is 5.84 Å². The molecule has 1 aliphatic rings. The highest BCUT2D eigenvalue weighted by Gasteiger charge is 2.12. The Hall–Kier alpha value is -3.16. The Balaban J connectivity index is 1.55. The van der Waals surface area contributed by atoms with Crippen molar-refractivity contribution in [1.82, 2.24) is 5.32 Å². The summed E-state index contributed by atoms with van der Waals surface area (Å²) >= 11 is 0. The molecule has 0 bridgehead atoms. The lowest BCUT2D eigenvalue weighted by Crippen LogP contribution is -2.16. The van der Waals surface area contributed by atoms with Gasteiger partial charge in [-0.3, -0.25) is 4.99 Å². The van der Waals surface area contributed by atoms with Crippen molar-refractivity contribution in [2.24, 2.45) is 4.99 Å². The van der Waals surface area contributed by atoms with Crippen LogP contribution in [0.1, 0.15) is 23.6 Å². The van der Waals surface area contributed by atoms with E-state index in [1.54, 1.807) is 13.1 Å². The molecule has 0 aromatic heterocycles. The molecule has 4 heteroatoms. The molecule has 0 fully saturated rings. The lowest BCUT2D eigenvalue weighted by molar-refractivity contribution is 0.107. The number of amidine groups is 1. The quantitative estimate of drug-likeness (QED) is 0.822. The van der Waals surface area contributed by atoms with Gasteiger partial charge in [-0.2, -0.15) is 0 Å². The number of halogens is 1. The molecule has 1 heterocycles. The van der Waals surface area contributed by atoms with E-state index in [1.807, 2.05) is 49.4 Å². The summed E-state index contributed by atoms with van der Waals surface area (Å²) in [7, 11) is 1.76. The molecule has 0 unspecified atom stereocenters. The number of nitrogens with zero attached hydrogens (tertiary/aromatic N) is 1. The van der Waals surface area contributed by atoms with Crippen LogP contribution in [-0.4, -0.2) is 12.9 Å². The number of allylic oxidation sites excluding steroid dienone is 2. The minimum atomic E-state index is -0.246. The van der Waals surface area contributed by atoms with E-state index in [0.29, 0.717) is 13.2 Å². The number of benzene rings is 2. The molecule has 0 spiro atoms. The van der Waals surface area contributed by atoms with E-state index < -0.39 is 0 Å². The molecule has 0 saturated heterocycles. The summed E-state index contributed by atoms with van der Waals surface area (Å²) in [5, 5.41) is 3.19. The summed E-state index contributed by atoms with van der Waals surface area (Å²) in [5.41, 5.74) is 4.69. The average molecular weight is 360 g/mol. The zero-order valence-electron chi connectivity index (χ0n) is 15.4. The largest absolute Gasteiger partial charge is 0.372 e. The van der Waals surface area contributed by atoms with Gasteiger partial charge >= 0.3 is 0 Å². The second-order valence-corrected chi connectivity index (χ2v) is 6.07. The van der Waals surface area contributed by atoms with Crippen molar-refractivity contribution in [2.45, 2.75) is 20.1 Å². The van der Waals surface area contributed by atoms with Crippen molar-refractivity contribution in [3.63, 3.8) is 0 Å². The van der Waals surface area contributed by atoms with E-state index in [9.17, 15) is 4.39 Å². The third-order valence-electron chi connectivity index (χ3n) is 4.08. The normalized spacial score (nSPS) is 16.0. The van der Waals surface area contributed by atoms with Crippen LogP contribution in [0.15, 0.2) is 76.9 Å². The van der Waals surface area contributed by atoms with E-state index >= 15 is 0 Å². The van der Waals surface area contributed by atoms with Crippen LogP contribution >= 0.6 is 0 Å². The second kappa shape index (κ2) is 8.98. The Morgan fingerprint density at radius 1 is 1.07 bits per heavy atom. The van der Waals surface area contributed by atoms with Gasteiger partial charge in [0.25, 0.3) is 0 Å². The molecule has 0 amide bonds. The number of hydrogen-bond donors (Lipinski definition) is 1. The smallest absolute Gasteiger partial charge is 0.132 e. The number of rotatable bonds is 4. The zero-order chi connectivity index (χ0) is 19.1. The highest BCUT2D eigenvalue weighted by Crippen LogP contribution is 2.12. The Morgan fingerprint density at radius 2 is 1.85 bits per heavy atom. The molecule has 1 aliphatic heterocycles. The van der Waals surface area contributed by atoms with Gasteiger partial charge in [-0.25, -0.2) is 4.39 Å². The molecular formula is C23H21FN2O. The number of aliphatic imine (C=N–C) groups is 1. The Bertz CT molecular complexity index is 960. The van der Waals surface area contributed by atoms with Crippen LogP contribution in [0.3, 0.4) is 0 Å². The van der Waals surface area contributed by atoms with E-state index in [2.05, 4.69) is 22.2 Å². The maximum Gasteiger partial charge on any atom is 0.132 e. The van der Waals surface area contributed by atoms with Crippen molar-refractivity contribution < 1.29 is 9.13 Å². The maximum absolute atomic E-state index is 13.1. The monoisotopic (exact) mass is 360 g/mol. The summed E-state index contributed by atoms with van der Waals surface area (Å²) in [5.74, 6) is 6.87. The maximum atomic E-state index is 13.1. The molecule has 1 N–H and O–H groups in total. The molecule has 0 atom stereocenters. The second-order valence-electron chi connectivity index (χ2n) is 6.07. The van der Waals surface area contributed by atoms with Crippen LogP contribution in [0.4, 0.5) is 4.39 Å². The predicted octanol–water partition coefficient (Wildman–Crippen LogP) is 4.36. The minimum Gasteiger partial charge on any atom is -0.372 e. The number of hydrogen-bond acceptors (Lipinski definition) is 2. The number of ether oxygens (including phenoxy) is 1. The first kappa shape index (κ1) is 18.6. The number of nitrogens with one attached hydrogen (secondary N) is 1. The molecule has 27 heavy (non-hydrogen) atoms. The highest BCUT2D eigenvalue weighted by molar-refractivity contribution is 6.05. The Kier molecular flexibility index (Phi) is 6.19. The fourth-order valence-electron chi connectivity index (χ4n) is 2.67. The topological polar surface area (TPSA) is 33.6 Å². The first-order valence-electron chi connectivity index (χ1n) is 8.73. The van der Waals surface area contributed by atoms with Crippen LogP contribution in [0.5, 0.6) is 0 Å². The molecule has 3 rings (SSSR count). The fraction of sp³-hybridized carbons (Fsp3) is 0.174. The Morgan fingerprint density at radius 3 is 2.52 bits per heavy atom.